The van der Waals surface area contributed by atoms with Crippen molar-refractivity contribution in [2.24, 2.45) is 5.92 Å². The number of amides is 1. The van der Waals surface area contributed by atoms with Crippen LogP contribution in [0.15, 0.2) is 25.3 Å². The van der Waals surface area contributed by atoms with Crippen LogP contribution in [0, 0.1) is 12.8 Å². The molecular weight excluding hydrogens is 411 g/mol. The van der Waals surface area contributed by atoms with Crippen LogP contribution in [0.5, 0.6) is 0 Å². The van der Waals surface area contributed by atoms with Gasteiger partial charge < -0.3 is 10.6 Å². The molecular formula is C20H36Cl2N6O. The van der Waals surface area contributed by atoms with Crippen molar-refractivity contribution in [3.05, 3.63) is 36.7 Å². The molecule has 1 unspecified atom stereocenters. The number of rotatable bonds is 10. The largest absolute Gasteiger partial charge is 0.349 e. The molecule has 0 radical (unpaired) electrons. The molecule has 0 aromatic carbocycles. The summed E-state index contributed by atoms with van der Waals surface area (Å²) in [5.41, 5.74) is 1.27. The van der Waals surface area contributed by atoms with Gasteiger partial charge in [0.2, 0.25) is 0 Å². The molecule has 1 fully saturated rings. The highest BCUT2D eigenvalue weighted by molar-refractivity contribution is 5.93. The molecule has 1 aromatic rings. The predicted molar refractivity (Wildman–Crippen MR) is 123 cm³/mol. The van der Waals surface area contributed by atoms with Gasteiger partial charge in [0.15, 0.2) is 5.69 Å². The minimum absolute atomic E-state index is 0. The Balaban J connectivity index is 0.00000392. The standard InChI is InChI=1S/C20H34N6O.2ClH/c1-6-12-25(13-7-2)18(15(3)4)14-22-20(27)19-16(5)26(24-23-19)17-8-10-21-11-9-17;;/h6-7,15,17-18,21H,1-2,8-14H2,3-5H3,(H,22,27);2*1H. The number of hydrogen-bond donors (Lipinski definition) is 2. The van der Waals surface area contributed by atoms with Crippen molar-refractivity contribution in [3.63, 3.8) is 0 Å². The van der Waals surface area contributed by atoms with Crippen molar-refractivity contribution in [1.29, 1.82) is 0 Å². The topological polar surface area (TPSA) is 75.1 Å². The normalized spacial score (nSPS) is 15.3. The van der Waals surface area contributed by atoms with E-state index in [0.717, 1.165) is 44.7 Å². The Morgan fingerprint density at radius 2 is 1.86 bits per heavy atom. The lowest BCUT2D eigenvalue weighted by molar-refractivity contribution is 0.0921. The Morgan fingerprint density at radius 3 is 2.38 bits per heavy atom. The van der Waals surface area contributed by atoms with Crippen LogP contribution in [0.3, 0.4) is 0 Å². The second-order valence-corrected chi connectivity index (χ2v) is 7.50. The lowest BCUT2D eigenvalue weighted by atomic mass is 10.0. The lowest BCUT2D eigenvalue weighted by Gasteiger charge is -2.33. The van der Waals surface area contributed by atoms with Crippen molar-refractivity contribution in [2.75, 3.05) is 32.7 Å². The van der Waals surface area contributed by atoms with E-state index in [1.165, 1.54) is 0 Å². The van der Waals surface area contributed by atoms with Gasteiger partial charge in [-0.2, -0.15) is 0 Å². The van der Waals surface area contributed by atoms with Gasteiger partial charge in [0, 0.05) is 25.7 Å². The molecule has 1 aliphatic rings. The van der Waals surface area contributed by atoms with Gasteiger partial charge in [0.05, 0.1) is 11.7 Å². The molecule has 2 N–H and O–H groups in total. The monoisotopic (exact) mass is 446 g/mol. The van der Waals surface area contributed by atoms with E-state index in [0.29, 0.717) is 24.2 Å². The highest BCUT2D eigenvalue weighted by atomic mass is 35.5. The number of piperidine rings is 1. The fraction of sp³-hybridized carbons (Fsp3) is 0.650. The van der Waals surface area contributed by atoms with E-state index < -0.39 is 0 Å². The molecule has 1 amide bonds. The molecule has 1 saturated heterocycles. The molecule has 29 heavy (non-hydrogen) atoms. The Hall–Kier alpha value is -1.41. The molecule has 0 bridgehead atoms. The summed E-state index contributed by atoms with van der Waals surface area (Å²) in [7, 11) is 0. The summed E-state index contributed by atoms with van der Waals surface area (Å²) in [6, 6.07) is 0.518. The summed E-state index contributed by atoms with van der Waals surface area (Å²) >= 11 is 0. The number of carbonyl (C=O) groups is 1. The lowest BCUT2D eigenvalue weighted by Crippen LogP contribution is -2.47. The van der Waals surface area contributed by atoms with Gasteiger partial charge in [0.25, 0.3) is 5.91 Å². The van der Waals surface area contributed by atoms with Gasteiger partial charge in [-0.3, -0.25) is 9.69 Å². The first-order chi connectivity index (χ1) is 13.0. The van der Waals surface area contributed by atoms with E-state index in [-0.39, 0.29) is 36.8 Å². The molecule has 7 nitrogen and oxygen atoms in total. The van der Waals surface area contributed by atoms with Gasteiger partial charge in [-0.05, 0) is 38.8 Å². The molecule has 2 heterocycles. The van der Waals surface area contributed by atoms with E-state index in [4.69, 9.17) is 0 Å². The highest BCUT2D eigenvalue weighted by Gasteiger charge is 2.25. The van der Waals surface area contributed by atoms with Gasteiger partial charge >= 0.3 is 0 Å². The maximum atomic E-state index is 12.7. The van der Waals surface area contributed by atoms with Gasteiger partial charge in [-0.25, -0.2) is 4.68 Å². The molecule has 2 rings (SSSR count). The SMILES string of the molecule is C=CCN(CC=C)C(CNC(=O)c1nnn(C2CCNCC2)c1C)C(C)C.Cl.Cl. The van der Waals surface area contributed by atoms with Crippen LogP contribution in [0.25, 0.3) is 0 Å². The van der Waals surface area contributed by atoms with Crippen molar-refractivity contribution < 1.29 is 4.79 Å². The van der Waals surface area contributed by atoms with E-state index in [9.17, 15) is 4.79 Å². The predicted octanol–water partition coefficient (Wildman–Crippen LogP) is 2.78. The third-order valence-electron chi connectivity index (χ3n) is 5.23. The summed E-state index contributed by atoms with van der Waals surface area (Å²) in [5.74, 6) is 0.229. The Morgan fingerprint density at radius 1 is 1.28 bits per heavy atom. The first-order valence-corrected chi connectivity index (χ1v) is 9.86. The maximum Gasteiger partial charge on any atom is 0.273 e. The molecule has 0 spiro atoms. The Kier molecular flexibility index (Phi) is 13.1. The quantitative estimate of drug-likeness (QED) is 0.540. The molecule has 9 heteroatoms. The van der Waals surface area contributed by atoms with E-state index in [1.54, 1.807) is 0 Å². The number of hydrogen-bond acceptors (Lipinski definition) is 5. The number of aromatic nitrogens is 3. The molecule has 1 atom stereocenters. The highest BCUT2D eigenvalue weighted by Crippen LogP contribution is 2.20. The van der Waals surface area contributed by atoms with Crippen LogP contribution in [0.2, 0.25) is 0 Å². The Bertz CT molecular complexity index is 633. The molecule has 0 saturated carbocycles. The zero-order chi connectivity index (χ0) is 19.8. The maximum absolute atomic E-state index is 12.7. The fourth-order valence-electron chi connectivity index (χ4n) is 3.69. The smallest absolute Gasteiger partial charge is 0.273 e. The van der Waals surface area contributed by atoms with E-state index in [1.807, 2.05) is 23.8 Å². The summed E-state index contributed by atoms with van der Waals surface area (Å²) < 4.78 is 1.91. The van der Waals surface area contributed by atoms with E-state index in [2.05, 4.69) is 52.9 Å². The first kappa shape index (κ1) is 27.6. The van der Waals surface area contributed by atoms with Crippen molar-refractivity contribution in [2.45, 2.75) is 45.7 Å². The summed E-state index contributed by atoms with van der Waals surface area (Å²) in [4.78, 5) is 15.0. The first-order valence-electron chi connectivity index (χ1n) is 9.86. The molecule has 166 valence electrons. The van der Waals surface area contributed by atoms with Crippen LogP contribution < -0.4 is 10.6 Å². The number of nitrogens with one attached hydrogen (secondary N) is 2. The van der Waals surface area contributed by atoms with Crippen LogP contribution in [-0.2, 0) is 0 Å². The van der Waals surface area contributed by atoms with Crippen molar-refractivity contribution >= 4 is 30.7 Å². The van der Waals surface area contributed by atoms with Crippen LogP contribution in [-0.4, -0.2) is 64.6 Å². The minimum Gasteiger partial charge on any atom is -0.349 e. The number of nitrogens with zero attached hydrogens (tertiary/aromatic N) is 4. The van der Waals surface area contributed by atoms with Crippen LogP contribution in [0.1, 0.15) is 48.9 Å². The number of halogens is 2. The average Bonchev–Trinajstić information content (AvgIpc) is 3.04. The second kappa shape index (κ2) is 13.7. The van der Waals surface area contributed by atoms with Crippen LogP contribution >= 0.6 is 24.8 Å². The minimum atomic E-state index is -0.157. The third kappa shape index (κ3) is 7.41. The molecule has 1 aliphatic heterocycles. The van der Waals surface area contributed by atoms with Gasteiger partial charge in [-0.15, -0.1) is 43.1 Å². The second-order valence-electron chi connectivity index (χ2n) is 7.50. The average molecular weight is 447 g/mol. The zero-order valence-corrected chi connectivity index (χ0v) is 19.4. The molecule has 0 aliphatic carbocycles. The molecule has 1 aromatic heterocycles. The summed E-state index contributed by atoms with van der Waals surface area (Å²) in [6.45, 7) is 18.0. The summed E-state index contributed by atoms with van der Waals surface area (Å²) in [5, 5.41) is 14.8. The van der Waals surface area contributed by atoms with Crippen LogP contribution in [0.4, 0.5) is 0 Å². The Labute approximate surface area is 187 Å². The fourth-order valence-corrected chi connectivity index (χ4v) is 3.69. The summed E-state index contributed by atoms with van der Waals surface area (Å²) in [6.07, 6.45) is 5.79. The van der Waals surface area contributed by atoms with Gasteiger partial charge in [-0.1, -0.05) is 31.2 Å². The van der Waals surface area contributed by atoms with Crippen molar-refractivity contribution in [1.82, 2.24) is 30.5 Å². The third-order valence-corrected chi connectivity index (χ3v) is 5.23. The number of carbonyl (C=O) groups excluding carboxylic acids is 1. The van der Waals surface area contributed by atoms with Gasteiger partial charge in [0.1, 0.15) is 0 Å². The van der Waals surface area contributed by atoms with E-state index >= 15 is 0 Å². The van der Waals surface area contributed by atoms with Crippen molar-refractivity contribution in [3.8, 4) is 0 Å². The zero-order valence-electron chi connectivity index (χ0n) is 17.8.